The monoisotopic (exact) mass is 364 g/mol. The second-order valence-corrected chi connectivity index (χ2v) is 8.11. The smallest absolute Gasteiger partial charge is 0.251 e. The standard InChI is InChI=1S/C23H28N2O2/c1-23(2,3)19-12-10-18(11-13-19)22(27)24-15-14-21(26)25-16-6-8-17-7-4-5-9-20(17)25/h4-5,7,9-13H,6,8,14-16H2,1-3H3,(H,24,27). The Balaban J connectivity index is 1.54. The molecule has 0 aliphatic carbocycles. The second-order valence-electron chi connectivity index (χ2n) is 8.11. The van der Waals surface area contributed by atoms with Crippen LogP contribution < -0.4 is 10.2 Å². The van der Waals surface area contributed by atoms with Gasteiger partial charge in [-0.25, -0.2) is 0 Å². The Kier molecular flexibility index (Phi) is 5.64. The third kappa shape index (κ3) is 4.57. The minimum Gasteiger partial charge on any atom is -0.352 e. The van der Waals surface area contributed by atoms with Crippen LogP contribution >= 0.6 is 0 Å². The Morgan fingerprint density at radius 3 is 2.44 bits per heavy atom. The molecule has 4 nitrogen and oxygen atoms in total. The molecular weight excluding hydrogens is 336 g/mol. The average Bonchev–Trinajstić information content (AvgIpc) is 2.66. The average molecular weight is 364 g/mol. The lowest BCUT2D eigenvalue weighted by atomic mass is 9.87. The van der Waals surface area contributed by atoms with Gasteiger partial charge in [-0.15, -0.1) is 0 Å². The lowest BCUT2D eigenvalue weighted by molar-refractivity contribution is -0.118. The Hall–Kier alpha value is -2.62. The van der Waals surface area contributed by atoms with Gasteiger partial charge in [0, 0.05) is 30.8 Å². The molecule has 1 heterocycles. The third-order valence-corrected chi connectivity index (χ3v) is 5.05. The molecule has 1 N–H and O–H groups in total. The Labute approximate surface area is 161 Å². The largest absolute Gasteiger partial charge is 0.352 e. The summed E-state index contributed by atoms with van der Waals surface area (Å²) in [4.78, 5) is 26.8. The molecule has 2 amide bonds. The molecule has 1 aliphatic heterocycles. The van der Waals surface area contributed by atoms with Crippen LogP contribution in [-0.4, -0.2) is 24.9 Å². The molecule has 3 rings (SSSR count). The van der Waals surface area contributed by atoms with Crippen molar-refractivity contribution < 1.29 is 9.59 Å². The first-order chi connectivity index (χ1) is 12.9. The van der Waals surface area contributed by atoms with E-state index in [1.807, 2.05) is 47.4 Å². The van der Waals surface area contributed by atoms with E-state index in [2.05, 4.69) is 32.2 Å². The van der Waals surface area contributed by atoms with Crippen LogP contribution in [0.1, 0.15) is 55.1 Å². The molecule has 0 aromatic heterocycles. The van der Waals surface area contributed by atoms with Crippen molar-refractivity contribution in [2.75, 3.05) is 18.0 Å². The van der Waals surface area contributed by atoms with Crippen molar-refractivity contribution >= 4 is 17.5 Å². The number of rotatable bonds is 4. The van der Waals surface area contributed by atoms with E-state index in [0.29, 0.717) is 18.5 Å². The molecule has 0 saturated carbocycles. The van der Waals surface area contributed by atoms with Crippen molar-refractivity contribution in [3.05, 3.63) is 65.2 Å². The fourth-order valence-corrected chi connectivity index (χ4v) is 3.43. The predicted molar refractivity (Wildman–Crippen MR) is 109 cm³/mol. The summed E-state index contributed by atoms with van der Waals surface area (Å²) in [5.74, 6) is -0.0761. The molecular formula is C23H28N2O2. The predicted octanol–water partition coefficient (Wildman–Crippen LogP) is 4.08. The highest BCUT2D eigenvalue weighted by molar-refractivity contribution is 5.96. The number of nitrogens with one attached hydrogen (secondary N) is 1. The van der Waals surface area contributed by atoms with Crippen LogP contribution in [0.3, 0.4) is 0 Å². The van der Waals surface area contributed by atoms with Crippen LogP contribution in [-0.2, 0) is 16.6 Å². The summed E-state index contributed by atoms with van der Waals surface area (Å²) in [5.41, 5.74) is 4.11. The number of hydrogen-bond acceptors (Lipinski definition) is 2. The van der Waals surface area contributed by atoms with E-state index in [-0.39, 0.29) is 17.2 Å². The van der Waals surface area contributed by atoms with Crippen LogP contribution in [0.15, 0.2) is 48.5 Å². The number of hydrogen-bond donors (Lipinski definition) is 1. The van der Waals surface area contributed by atoms with E-state index in [4.69, 9.17) is 0 Å². The van der Waals surface area contributed by atoms with Crippen LogP contribution in [0.4, 0.5) is 5.69 Å². The highest BCUT2D eigenvalue weighted by Crippen LogP contribution is 2.27. The number of anilines is 1. The van der Waals surface area contributed by atoms with Gasteiger partial charge in [0.25, 0.3) is 5.91 Å². The van der Waals surface area contributed by atoms with Gasteiger partial charge in [-0.1, -0.05) is 51.1 Å². The number of aryl methyl sites for hydroxylation is 1. The minimum atomic E-state index is -0.137. The molecule has 1 aliphatic rings. The first-order valence-corrected chi connectivity index (χ1v) is 9.63. The van der Waals surface area contributed by atoms with Crippen LogP contribution in [0.2, 0.25) is 0 Å². The maximum atomic E-state index is 12.6. The lowest BCUT2D eigenvalue weighted by Gasteiger charge is -2.29. The van der Waals surface area contributed by atoms with E-state index < -0.39 is 0 Å². The first kappa shape index (κ1) is 19.2. The molecule has 4 heteroatoms. The molecule has 2 aromatic rings. The summed E-state index contributed by atoms with van der Waals surface area (Å²) in [6.45, 7) is 7.53. The van der Waals surface area contributed by atoms with Crippen molar-refractivity contribution in [2.24, 2.45) is 0 Å². The molecule has 142 valence electrons. The maximum absolute atomic E-state index is 12.6. The topological polar surface area (TPSA) is 49.4 Å². The summed E-state index contributed by atoms with van der Waals surface area (Å²) >= 11 is 0. The van der Waals surface area contributed by atoms with E-state index in [1.54, 1.807) is 0 Å². The molecule has 0 spiro atoms. The van der Waals surface area contributed by atoms with Gasteiger partial charge in [0.15, 0.2) is 0 Å². The van der Waals surface area contributed by atoms with Gasteiger partial charge >= 0.3 is 0 Å². The van der Waals surface area contributed by atoms with Gasteiger partial charge in [-0.2, -0.15) is 0 Å². The molecule has 0 bridgehead atoms. The molecule has 27 heavy (non-hydrogen) atoms. The molecule has 0 radical (unpaired) electrons. The van der Waals surface area contributed by atoms with E-state index >= 15 is 0 Å². The Morgan fingerprint density at radius 2 is 1.74 bits per heavy atom. The zero-order chi connectivity index (χ0) is 19.4. The minimum absolute atomic E-state index is 0.0607. The summed E-state index contributed by atoms with van der Waals surface area (Å²) in [7, 11) is 0. The Morgan fingerprint density at radius 1 is 1.04 bits per heavy atom. The number of fused-ring (bicyclic) bond motifs is 1. The zero-order valence-corrected chi connectivity index (χ0v) is 16.4. The van der Waals surface area contributed by atoms with Crippen molar-refractivity contribution in [1.29, 1.82) is 0 Å². The van der Waals surface area contributed by atoms with Gasteiger partial charge in [0.05, 0.1) is 0 Å². The van der Waals surface area contributed by atoms with Gasteiger partial charge in [0.1, 0.15) is 0 Å². The molecule has 0 unspecified atom stereocenters. The third-order valence-electron chi connectivity index (χ3n) is 5.05. The van der Waals surface area contributed by atoms with Crippen LogP contribution in [0, 0.1) is 0 Å². The molecule has 0 fully saturated rings. The maximum Gasteiger partial charge on any atom is 0.251 e. The van der Waals surface area contributed by atoms with Crippen molar-refractivity contribution in [1.82, 2.24) is 5.32 Å². The number of carbonyl (C=O) groups excluding carboxylic acids is 2. The van der Waals surface area contributed by atoms with Gasteiger partial charge in [-0.3, -0.25) is 9.59 Å². The highest BCUT2D eigenvalue weighted by atomic mass is 16.2. The number of amides is 2. The molecule has 0 saturated heterocycles. The molecule has 2 aromatic carbocycles. The quantitative estimate of drug-likeness (QED) is 0.888. The first-order valence-electron chi connectivity index (χ1n) is 9.63. The molecule has 0 atom stereocenters. The van der Waals surface area contributed by atoms with Crippen LogP contribution in [0.25, 0.3) is 0 Å². The Bertz CT molecular complexity index is 819. The fraction of sp³-hybridized carbons (Fsp3) is 0.391. The van der Waals surface area contributed by atoms with Gasteiger partial charge < -0.3 is 10.2 Å². The number of carbonyl (C=O) groups is 2. The van der Waals surface area contributed by atoms with Crippen LogP contribution in [0.5, 0.6) is 0 Å². The number of benzene rings is 2. The van der Waals surface area contributed by atoms with Crippen molar-refractivity contribution in [3.8, 4) is 0 Å². The summed E-state index contributed by atoms with van der Waals surface area (Å²) in [6.07, 6.45) is 2.30. The van der Waals surface area contributed by atoms with E-state index in [0.717, 1.165) is 25.1 Å². The summed E-state index contributed by atoms with van der Waals surface area (Å²) in [5, 5.41) is 2.86. The zero-order valence-electron chi connectivity index (χ0n) is 16.4. The number of nitrogens with zero attached hydrogens (tertiary/aromatic N) is 1. The van der Waals surface area contributed by atoms with Crippen molar-refractivity contribution in [3.63, 3.8) is 0 Å². The van der Waals surface area contributed by atoms with E-state index in [9.17, 15) is 9.59 Å². The van der Waals surface area contributed by atoms with Gasteiger partial charge in [-0.05, 0) is 47.6 Å². The van der Waals surface area contributed by atoms with Crippen molar-refractivity contribution in [2.45, 2.75) is 45.4 Å². The van der Waals surface area contributed by atoms with E-state index in [1.165, 1.54) is 11.1 Å². The lowest BCUT2D eigenvalue weighted by Crippen LogP contribution is -2.37. The fourth-order valence-electron chi connectivity index (χ4n) is 3.43. The van der Waals surface area contributed by atoms with Gasteiger partial charge in [0.2, 0.25) is 5.91 Å². The highest BCUT2D eigenvalue weighted by Gasteiger charge is 2.22. The summed E-state index contributed by atoms with van der Waals surface area (Å²) in [6, 6.07) is 15.7. The number of para-hydroxylation sites is 1. The normalized spacial score (nSPS) is 13.8. The summed E-state index contributed by atoms with van der Waals surface area (Å²) < 4.78 is 0. The SMILES string of the molecule is CC(C)(C)c1ccc(C(=O)NCCC(=O)N2CCCc3ccccc32)cc1. The second kappa shape index (κ2) is 7.95.